The number of carbonyl (C=O) groups is 1. The first-order valence-corrected chi connectivity index (χ1v) is 11.2. The van der Waals surface area contributed by atoms with Crippen molar-refractivity contribution in [2.75, 3.05) is 23.4 Å². The lowest BCUT2D eigenvalue weighted by Gasteiger charge is -2.36. The molecule has 2 aliphatic carbocycles. The Hall–Kier alpha value is -2.41. The molecule has 0 unspecified atom stereocenters. The molecule has 3 fully saturated rings. The van der Waals surface area contributed by atoms with Crippen molar-refractivity contribution in [3.63, 3.8) is 0 Å². The maximum absolute atomic E-state index is 13.0. The summed E-state index contributed by atoms with van der Waals surface area (Å²) in [7, 11) is 0. The molecule has 160 valence electrons. The number of hydrogen-bond acceptors (Lipinski definition) is 5. The number of fused-ring (bicyclic) bond motifs is 3. The van der Waals surface area contributed by atoms with Gasteiger partial charge in [0.25, 0.3) is 5.56 Å². The molecule has 0 radical (unpaired) electrons. The van der Waals surface area contributed by atoms with Crippen molar-refractivity contribution in [3.05, 3.63) is 34.6 Å². The van der Waals surface area contributed by atoms with Gasteiger partial charge in [0.05, 0.1) is 17.6 Å². The fourth-order valence-corrected chi connectivity index (χ4v) is 5.86. The fraction of sp³-hybridized carbons (Fsp3) is 0.609. The topological polar surface area (TPSA) is 76.5 Å². The lowest BCUT2D eigenvalue weighted by atomic mass is 9.86. The Morgan fingerprint density at radius 1 is 1.13 bits per heavy atom. The first-order valence-electron chi connectivity index (χ1n) is 11.2. The third-order valence-electron chi connectivity index (χ3n) is 7.07. The van der Waals surface area contributed by atoms with E-state index < -0.39 is 0 Å². The van der Waals surface area contributed by atoms with Crippen molar-refractivity contribution in [2.45, 2.75) is 58.2 Å². The van der Waals surface area contributed by atoms with Crippen molar-refractivity contribution in [2.24, 2.45) is 17.8 Å². The van der Waals surface area contributed by atoms with Crippen molar-refractivity contribution < 1.29 is 9.53 Å². The predicted molar refractivity (Wildman–Crippen MR) is 116 cm³/mol. The normalized spacial score (nSPS) is 30.7. The third kappa shape index (κ3) is 3.60. The van der Waals surface area contributed by atoms with E-state index in [1.54, 1.807) is 6.07 Å². The molecule has 2 bridgehead atoms. The molecule has 1 aliphatic heterocycles. The zero-order valence-corrected chi connectivity index (χ0v) is 17.7. The molecule has 1 aromatic heterocycles. The highest BCUT2D eigenvalue weighted by atomic mass is 16.5. The van der Waals surface area contributed by atoms with Gasteiger partial charge < -0.3 is 9.64 Å². The summed E-state index contributed by atoms with van der Waals surface area (Å²) < 4.78 is 5.86. The number of morpholine rings is 1. The van der Waals surface area contributed by atoms with Crippen LogP contribution in [0.1, 0.15) is 46.0 Å². The maximum atomic E-state index is 13.0. The average Bonchev–Trinajstić information content (AvgIpc) is 3.32. The van der Waals surface area contributed by atoms with Gasteiger partial charge in [-0.1, -0.05) is 24.6 Å². The number of anilines is 1. The van der Waals surface area contributed by atoms with Crippen molar-refractivity contribution >= 4 is 22.5 Å². The first-order chi connectivity index (χ1) is 14.5. The molecular weight excluding hydrogens is 380 g/mol. The van der Waals surface area contributed by atoms with Gasteiger partial charge in [0.2, 0.25) is 5.91 Å². The monoisotopic (exact) mass is 410 g/mol. The number of carbonyl (C=O) groups excluding carboxylic acids is 1. The van der Waals surface area contributed by atoms with Crippen molar-refractivity contribution in [1.29, 1.82) is 0 Å². The van der Waals surface area contributed by atoms with Crippen LogP contribution in [-0.2, 0) is 9.53 Å². The van der Waals surface area contributed by atoms with Crippen molar-refractivity contribution in [1.82, 2.24) is 9.89 Å². The number of benzene rings is 1. The molecule has 1 amide bonds. The molecule has 7 heteroatoms. The van der Waals surface area contributed by atoms with Crippen LogP contribution in [0.25, 0.3) is 10.8 Å². The minimum Gasteiger partial charge on any atom is -0.372 e. The van der Waals surface area contributed by atoms with Crippen LogP contribution in [0.2, 0.25) is 0 Å². The third-order valence-corrected chi connectivity index (χ3v) is 7.07. The second-order valence-electron chi connectivity index (χ2n) is 9.42. The molecule has 2 saturated carbocycles. The summed E-state index contributed by atoms with van der Waals surface area (Å²) in [5.41, 5.74) is 2.50. The molecule has 0 spiro atoms. The summed E-state index contributed by atoms with van der Waals surface area (Å²) in [4.78, 5) is 29.1. The number of aromatic nitrogens is 2. The van der Waals surface area contributed by atoms with E-state index >= 15 is 0 Å². The molecule has 2 heterocycles. The van der Waals surface area contributed by atoms with Gasteiger partial charge >= 0.3 is 0 Å². The van der Waals surface area contributed by atoms with E-state index in [0.717, 1.165) is 22.5 Å². The molecule has 5 atom stereocenters. The van der Waals surface area contributed by atoms with Crippen LogP contribution in [0.3, 0.4) is 0 Å². The summed E-state index contributed by atoms with van der Waals surface area (Å²) in [5.74, 6) is 2.51. The first kappa shape index (κ1) is 19.5. The van der Waals surface area contributed by atoms with Gasteiger partial charge in [-0.2, -0.15) is 0 Å². The van der Waals surface area contributed by atoms with E-state index in [9.17, 15) is 9.59 Å². The van der Waals surface area contributed by atoms with Crippen LogP contribution in [0, 0.1) is 17.8 Å². The molecule has 1 saturated heterocycles. The van der Waals surface area contributed by atoms with Gasteiger partial charge in [0.1, 0.15) is 0 Å². The van der Waals surface area contributed by atoms with Gasteiger partial charge in [0, 0.05) is 24.9 Å². The van der Waals surface area contributed by atoms with Gasteiger partial charge in [-0.25, -0.2) is 5.43 Å². The van der Waals surface area contributed by atoms with Crippen molar-refractivity contribution in [3.8, 4) is 0 Å². The standard InChI is InChI=1S/C23H30N4O3/c1-14-12-26(13-15(2)30-14)22-19-5-3-4-6-20(19)23(29)27(25-22)24-21(28)11-18-10-16-7-8-17(18)9-16/h3-6,14-18H,7-13H2,1-2H3,(H,24,28)/t14-,15+,16-,17+,18-/m1/s1. The minimum absolute atomic E-state index is 0.0714. The smallest absolute Gasteiger partial charge is 0.294 e. The van der Waals surface area contributed by atoms with Crippen LogP contribution in [0.4, 0.5) is 5.82 Å². The quantitative estimate of drug-likeness (QED) is 0.839. The Kier molecular flexibility index (Phi) is 5.01. The maximum Gasteiger partial charge on any atom is 0.294 e. The SMILES string of the molecule is C[C@@H]1CN(c2nn(NC(=O)C[C@H]3C[C@@H]4CC[C@H]3C4)c(=O)c3ccccc23)C[C@H](C)O1. The summed E-state index contributed by atoms with van der Waals surface area (Å²) in [6, 6.07) is 7.48. The van der Waals surface area contributed by atoms with E-state index in [4.69, 9.17) is 4.74 Å². The lowest BCUT2D eigenvalue weighted by molar-refractivity contribution is -0.118. The molecule has 2 aromatic rings. The molecule has 1 aromatic carbocycles. The second-order valence-corrected chi connectivity index (χ2v) is 9.42. The summed E-state index contributed by atoms with van der Waals surface area (Å²) >= 11 is 0. The summed E-state index contributed by atoms with van der Waals surface area (Å²) in [6.07, 6.45) is 5.59. The van der Waals surface area contributed by atoms with Gasteiger partial charge in [-0.05, 0) is 56.9 Å². The Morgan fingerprint density at radius 2 is 1.87 bits per heavy atom. The van der Waals surface area contributed by atoms with Gasteiger partial charge in [-0.3, -0.25) is 9.59 Å². The number of nitrogens with zero attached hydrogens (tertiary/aromatic N) is 3. The largest absolute Gasteiger partial charge is 0.372 e. The molecule has 3 aliphatic rings. The average molecular weight is 411 g/mol. The fourth-order valence-electron chi connectivity index (χ4n) is 5.86. The summed E-state index contributed by atoms with van der Waals surface area (Å²) in [6.45, 7) is 5.47. The highest BCUT2D eigenvalue weighted by Gasteiger charge is 2.40. The molecule has 5 rings (SSSR count). The van der Waals surface area contributed by atoms with Crippen LogP contribution < -0.4 is 15.9 Å². The number of ether oxygens (including phenoxy) is 1. The van der Waals surface area contributed by atoms with Crippen LogP contribution in [-0.4, -0.2) is 41.1 Å². The van der Waals surface area contributed by atoms with Crippen LogP contribution in [0.15, 0.2) is 29.1 Å². The Labute approximate surface area is 176 Å². The zero-order valence-electron chi connectivity index (χ0n) is 17.7. The highest BCUT2D eigenvalue weighted by molar-refractivity contribution is 5.92. The van der Waals surface area contributed by atoms with Crippen LogP contribution in [0.5, 0.6) is 0 Å². The lowest BCUT2D eigenvalue weighted by Crippen LogP contribution is -2.47. The predicted octanol–water partition coefficient (Wildman–Crippen LogP) is 2.91. The second kappa shape index (κ2) is 7.69. The number of nitrogens with one attached hydrogen (secondary N) is 1. The number of hydrogen-bond donors (Lipinski definition) is 1. The Morgan fingerprint density at radius 3 is 2.53 bits per heavy atom. The number of amides is 1. The minimum atomic E-state index is -0.287. The Balaban J connectivity index is 1.44. The van der Waals surface area contributed by atoms with E-state index in [2.05, 4.69) is 15.4 Å². The molecular formula is C23H30N4O3. The zero-order chi connectivity index (χ0) is 20.8. The number of rotatable bonds is 4. The van der Waals surface area contributed by atoms with E-state index in [0.29, 0.717) is 42.6 Å². The Bertz CT molecular complexity index is 1010. The highest BCUT2D eigenvalue weighted by Crippen LogP contribution is 2.49. The summed E-state index contributed by atoms with van der Waals surface area (Å²) in [5, 5.41) is 5.97. The van der Waals surface area contributed by atoms with E-state index in [1.807, 2.05) is 32.0 Å². The van der Waals surface area contributed by atoms with Gasteiger partial charge in [-0.15, -0.1) is 9.89 Å². The van der Waals surface area contributed by atoms with E-state index in [-0.39, 0.29) is 23.7 Å². The molecule has 1 N–H and O–H groups in total. The van der Waals surface area contributed by atoms with Crippen LogP contribution >= 0.6 is 0 Å². The van der Waals surface area contributed by atoms with Gasteiger partial charge in [0.15, 0.2) is 5.82 Å². The molecule has 30 heavy (non-hydrogen) atoms. The van der Waals surface area contributed by atoms with E-state index in [1.165, 1.54) is 19.3 Å². The molecule has 7 nitrogen and oxygen atoms in total.